The van der Waals surface area contributed by atoms with Crippen molar-refractivity contribution in [1.29, 1.82) is 0 Å². The summed E-state index contributed by atoms with van der Waals surface area (Å²) in [6.45, 7) is 4.80. The maximum atomic E-state index is 12.9. The molecule has 3 heterocycles. The Morgan fingerprint density at radius 2 is 1.94 bits per heavy atom. The van der Waals surface area contributed by atoms with E-state index >= 15 is 0 Å². The average Bonchev–Trinajstić information content (AvgIpc) is 3.34. The molecule has 0 atom stereocenters. The second kappa shape index (κ2) is 10.6. The van der Waals surface area contributed by atoms with Crippen LogP contribution in [0.25, 0.3) is 5.65 Å². The minimum atomic E-state index is -3.68. The van der Waals surface area contributed by atoms with Gasteiger partial charge in [-0.25, -0.2) is 18.1 Å². The van der Waals surface area contributed by atoms with Gasteiger partial charge in [0.05, 0.1) is 16.1 Å². The van der Waals surface area contributed by atoms with Crippen molar-refractivity contribution in [2.45, 2.75) is 43.2 Å². The van der Waals surface area contributed by atoms with Crippen LogP contribution in [0.5, 0.6) is 0 Å². The molecule has 0 unspecified atom stereocenters. The van der Waals surface area contributed by atoms with E-state index < -0.39 is 15.6 Å². The number of nitrogens with one attached hydrogen (secondary N) is 3. The topological polar surface area (TPSA) is 114 Å². The number of carbonyl (C=O) groups is 1. The molecule has 34 heavy (non-hydrogen) atoms. The Morgan fingerprint density at radius 3 is 2.68 bits per heavy atom. The monoisotopic (exact) mass is 485 g/mol. The number of pyridine rings is 1. The lowest BCUT2D eigenvalue weighted by Crippen LogP contribution is -2.51. The van der Waals surface area contributed by atoms with E-state index in [0.717, 1.165) is 43.6 Å². The van der Waals surface area contributed by atoms with Crippen molar-refractivity contribution in [3.8, 4) is 0 Å². The molecule has 4 rings (SSSR count). The normalized spacial score (nSPS) is 15.9. The van der Waals surface area contributed by atoms with Gasteiger partial charge in [0.2, 0.25) is 10.0 Å². The number of ether oxygens (including phenoxy) is 1. The highest BCUT2D eigenvalue weighted by Crippen LogP contribution is 2.24. The number of amides is 1. The van der Waals surface area contributed by atoms with Crippen LogP contribution in [-0.4, -0.2) is 55.6 Å². The summed E-state index contributed by atoms with van der Waals surface area (Å²) in [6.07, 6.45) is 7.59. The van der Waals surface area contributed by atoms with Gasteiger partial charge in [0, 0.05) is 38.3 Å². The highest BCUT2D eigenvalue weighted by molar-refractivity contribution is 7.89. The van der Waals surface area contributed by atoms with Gasteiger partial charge in [-0.1, -0.05) is 19.1 Å². The summed E-state index contributed by atoms with van der Waals surface area (Å²) >= 11 is 0. The summed E-state index contributed by atoms with van der Waals surface area (Å²) in [5.74, 6) is -0.215. The van der Waals surface area contributed by atoms with Gasteiger partial charge in [-0.2, -0.15) is 0 Å². The molecular formula is C24H31N5O4S. The summed E-state index contributed by atoms with van der Waals surface area (Å²) in [5.41, 5.74) is 1.62. The van der Waals surface area contributed by atoms with Gasteiger partial charge < -0.3 is 19.8 Å². The molecule has 0 spiro atoms. The molecule has 9 nitrogen and oxygen atoms in total. The molecule has 182 valence electrons. The van der Waals surface area contributed by atoms with Crippen LogP contribution >= 0.6 is 0 Å². The SMILES string of the molecule is CCCOC1(CNS(=O)(=O)c2ccc(CNC(=O)c3ccc4nccn4c3)cc2)CCNCC1. The van der Waals surface area contributed by atoms with Crippen molar-refractivity contribution in [3.63, 3.8) is 0 Å². The Bertz CT molecular complexity index is 1220. The van der Waals surface area contributed by atoms with Crippen LogP contribution in [-0.2, 0) is 21.3 Å². The third-order valence-electron chi connectivity index (χ3n) is 6.05. The maximum Gasteiger partial charge on any atom is 0.253 e. The van der Waals surface area contributed by atoms with Crippen LogP contribution in [0.1, 0.15) is 42.1 Å². The summed E-state index contributed by atoms with van der Waals surface area (Å²) in [5, 5.41) is 6.16. The second-order valence-corrected chi connectivity index (χ2v) is 10.3. The Labute approximate surface area is 200 Å². The molecule has 0 radical (unpaired) electrons. The molecule has 0 bridgehead atoms. The molecule has 1 fully saturated rings. The Kier molecular flexibility index (Phi) is 7.62. The summed E-state index contributed by atoms with van der Waals surface area (Å²) in [4.78, 5) is 16.8. The lowest BCUT2D eigenvalue weighted by molar-refractivity contribution is -0.0605. The van der Waals surface area contributed by atoms with E-state index in [2.05, 4.69) is 20.3 Å². The smallest absolute Gasteiger partial charge is 0.253 e. The van der Waals surface area contributed by atoms with E-state index in [1.54, 1.807) is 59.4 Å². The molecule has 1 amide bonds. The lowest BCUT2D eigenvalue weighted by atomic mass is 9.92. The van der Waals surface area contributed by atoms with Gasteiger partial charge >= 0.3 is 0 Å². The second-order valence-electron chi connectivity index (χ2n) is 8.54. The van der Waals surface area contributed by atoms with Crippen LogP contribution in [0.3, 0.4) is 0 Å². The van der Waals surface area contributed by atoms with Gasteiger partial charge in [0.1, 0.15) is 5.65 Å². The number of hydrogen-bond acceptors (Lipinski definition) is 6. The van der Waals surface area contributed by atoms with Crippen molar-refractivity contribution in [2.24, 2.45) is 0 Å². The van der Waals surface area contributed by atoms with Gasteiger partial charge in [-0.05, 0) is 62.2 Å². The zero-order valence-corrected chi connectivity index (χ0v) is 20.1. The number of piperidine rings is 1. The van der Waals surface area contributed by atoms with Crippen LogP contribution < -0.4 is 15.4 Å². The number of fused-ring (bicyclic) bond motifs is 1. The fourth-order valence-electron chi connectivity index (χ4n) is 4.01. The molecule has 0 aliphatic carbocycles. The van der Waals surface area contributed by atoms with Crippen molar-refractivity contribution < 1.29 is 17.9 Å². The molecule has 1 saturated heterocycles. The summed E-state index contributed by atoms with van der Waals surface area (Å²) in [7, 11) is -3.68. The molecule has 1 aromatic carbocycles. The van der Waals surface area contributed by atoms with Gasteiger partial charge in [-0.15, -0.1) is 0 Å². The number of carbonyl (C=O) groups excluding carboxylic acids is 1. The van der Waals surface area contributed by atoms with Crippen LogP contribution in [0, 0.1) is 0 Å². The zero-order chi connectivity index (χ0) is 24.0. The number of imidazole rings is 1. The van der Waals surface area contributed by atoms with Crippen molar-refractivity contribution in [1.82, 2.24) is 24.7 Å². The molecule has 1 aliphatic rings. The molecule has 2 aromatic heterocycles. The minimum absolute atomic E-state index is 0.188. The summed E-state index contributed by atoms with van der Waals surface area (Å²) < 4.78 is 36.3. The number of hydrogen-bond donors (Lipinski definition) is 3. The van der Waals surface area contributed by atoms with Gasteiger partial charge in [-0.3, -0.25) is 4.79 Å². The quantitative estimate of drug-likeness (QED) is 0.405. The van der Waals surface area contributed by atoms with E-state index in [4.69, 9.17) is 4.74 Å². The first-order chi connectivity index (χ1) is 16.4. The number of aromatic nitrogens is 2. The Balaban J connectivity index is 1.34. The van der Waals surface area contributed by atoms with Crippen LogP contribution in [0.15, 0.2) is 59.9 Å². The van der Waals surface area contributed by atoms with E-state index in [-0.39, 0.29) is 23.9 Å². The van der Waals surface area contributed by atoms with Crippen molar-refractivity contribution >= 4 is 21.6 Å². The molecule has 0 saturated carbocycles. The van der Waals surface area contributed by atoms with Gasteiger partial charge in [0.15, 0.2) is 0 Å². The fraction of sp³-hybridized carbons (Fsp3) is 0.417. The predicted octanol–water partition coefficient (Wildman–Crippen LogP) is 2.09. The van der Waals surface area contributed by atoms with Crippen molar-refractivity contribution in [3.05, 3.63) is 66.1 Å². The molecule has 3 aromatic rings. The van der Waals surface area contributed by atoms with E-state index in [1.165, 1.54) is 0 Å². The first-order valence-electron chi connectivity index (χ1n) is 11.5. The fourth-order valence-corrected chi connectivity index (χ4v) is 5.12. The minimum Gasteiger partial charge on any atom is -0.374 e. The van der Waals surface area contributed by atoms with Crippen LogP contribution in [0.4, 0.5) is 0 Å². The third kappa shape index (κ3) is 5.82. The van der Waals surface area contributed by atoms with Gasteiger partial charge in [0.25, 0.3) is 5.91 Å². The molecule has 10 heteroatoms. The summed E-state index contributed by atoms with van der Waals surface area (Å²) in [6, 6.07) is 10.0. The van der Waals surface area contributed by atoms with Crippen molar-refractivity contribution in [2.75, 3.05) is 26.2 Å². The van der Waals surface area contributed by atoms with E-state index in [0.29, 0.717) is 12.2 Å². The largest absolute Gasteiger partial charge is 0.374 e. The third-order valence-corrected chi connectivity index (χ3v) is 7.47. The predicted molar refractivity (Wildman–Crippen MR) is 129 cm³/mol. The number of sulfonamides is 1. The number of rotatable bonds is 10. The van der Waals surface area contributed by atoms with Crippen LogP contribution in [0.2, 0.25) is 0 Å². The lowest BCUT2D eigenvalue weighted by Gasteiger charge is -2.37. The highest BCUT2D eigenvalue weighted by atomic mass is 32.2. The number of nitrogens with zero attached hydrogens (tertiary/aromatic N) is 2. The van der Waals surface area contributed by atoms with E-state index in [9.17, 15) is 13.2 Å². The zero-order valence-electron chi connectivity index (χ0n) is 19.3. The highest BCUT2D eigenvalue weighted by Gasteiger charge is 2.34. The number of benzene rings is 1. The molecular weight excluding hydrogens is 454 g/mol. The van der Waals surface area contributed by atoms with E-state index in [1.807, 2.05) is 6.92 Å². The maximum absolute atomic E-state index is 12.9. The average molecular weight is 486 g/mol. The molecule has 1 aliphatic heterocycles. The molecule has 3 N–H and O–H groups in total. The Hall–Kier alpha value is -2.79. The Morgan fingerprint density at radius 1 is 1.18 bits per heavy atom. The first-order valence-corrected chi connectivity index (χ1v) is 13.0. The first kappa shape index (κ1) is 24.3. The standard InChI is InChI=1S/C24H31N5O4S/c1-2-15-33-24(9-11-25-12-10-24)18-28-34(31,32)21-6-3-19(4-7-21)16-27-23(30)20-5-8-22-26-13-14-29(22)17-20/h3-8,13-14,17,25,28H,2,9-12,15-16,18H2,1H3,(H,27,30).